The van der Waals surface area contributed by atoms with Crippen LogP contribution in [-0.2, 0) is 4.79 Å². The van der Waals surface area contributed by atoms with E-state index in [-0.39, 0.29) is 5.00 Å². The van der Waals surface area contributed by atoms with E-state index < -0.39 is 23.7 Å². The average molecular weight is 284 g/mol. The normalized spacial score (nSPS) is 14.7. The van der Waals surface area contributed by atoms with E-state index in [2.05, 4.69) is 9.59 Å². The summed E-state index contributed by atoms with van der Waals surface area (Å²) >= 11 is 0.731. The highest BCUT2D eigenvalue weighted by Gasteiger charge is 2.58. The fraction of sp³-hybridized carbons (Fsp3) is 0.429. The van der Waals surface area contributed by atoms with E-state index in [1.807, 2.05) is 5.32 Å². The minimum absolute atomic E-state index is 0.0856. The third-order valence-corrected chi connectivity index (χ3v) is 2.54. The number of nitrogens with zero attached hydrogens (tertiary/aromatic N) is 2. The maximum absolute atomic E-state index is 12.5. The molecule has 1 unspecified atom stereocenters. The number of nitrogens with one attached hydrogen (secondary N) is 2. The highest BCUT2D eigenvalue weighted by atomic mass is 32.1. The number of hydrogen-bond donors (Lipinski definition) is 3. The van der Waals surface area contributed by atoms with Crippen LogP contribution in [0.4, 0.5) is 23.0 Å². The van der Waals surface area contributed by atoms with Gasteiger partial charge in [0.15, 0.2) is 0 Å². The Morgan fingerprint density at radius 1 is 1.44 bits per heavy atom. The molecule has 0 aromatic carbocycles. The molecule has 18 heavy (non-hydrogen) atoms. The maximum atomic E-state index is 12.5. The number of amides is 2. The molecule has 0 saturated carbocycles. The van der Waals surface area contributed by atoms with Gasteiger partial charge in [0.1, 0.15) is 5.00 Å². The Balaban J connectivity index is 2.80. The summed E-state index contributed by atoms with van der Waals surface area (Å²) in [5, 5.41) is 15.3. The highest BCUT2D eigenvalue weighted by Crippen LogP contribution is 2.30. The minimum atomic E-state index is -5.14. The number of carboxylic acid groups (broad SMARTS) is 1. The van der Waals surface area contributed by atoms with E-state index in [1.54, 1.807) is 0 Å². The summed E-state index contributed by atoms with van der Waals surface area (Å²) in [6.45, 7) is 0.347. The number of alkyl halides is 3. The molecule has 0 aliphatic rings. The summed E-state index contributed by atoms with van der Waals surface area (Å²) in [6, 6.07) is -1.32. The zero-order valence-corrected chi connectivity index (χ0v) is 9.59. The van der Waals surface area contributed by atoms with Gasteiger partial charge in [-0.05, 0) is 6.92 Å². The Labute approximate surface area is 102 Å². The number of carbonyl (C=O) groups excluding carboxylic acids is 1. The van der Waals surface area contributed by atoms with Crippen molar-refractivity contribution < 1.29 is 27.9 Å². The number of hydrogen-bond acceptors (Lipinski definition) is 5. The lowest BCUT2D eigenvalue weighted by Gasteiger charge is -2.28. The number of halogens is 3. The molecule has 0 radical (unpaired) electrons. The molecule has 3 N–H and O–H groups in total. The molecule has 1 aromatic rings. The van der Waals surface area contributed by atoms with Crippen molar-refractivity contribution in [2.45, 2.75) is 18.6 Å². The predicted octanol–water partition coefficient (Wildman–Crippen LogP) is 1.07. The molecule has 0 fully saturated rings. The largest absolute Gasteiger partial charge is 0.479 e. The highest BCUT2D eigenvalue weighted by molar-refractivity contribution is 7.10. The molecular weight excluding hydrogens is 277 g/mol. The summed E-state index contributed by atoms with van der Waals surface area (Å²) in [4.78, 5) is 21.9. The van der Waals surface area contributed by atoms with Crippen molar-refractivity contribution in [3.63, 3.8) is 0 Å². The van der Waals surface area contributed by atoms with Gasteiger partial charge in [0.05, 0.1) is 6.20 Å². The van der Waals surface area contributed by atoms with Crippen LogP contribution in [0.3, 0.4) is 0 Å². The second-order valence-corrected chi connectivity index (χ2v) is 4.07. The van der Waals surface area contributed by atoms with Gasteiger partial charge in [0.25, 0.3) is 0 Å². The molecule has 100 valence electrons. The Kier molecular flexibility index (Phi) is 3.74. The van der Waals surface area contributed by atoms with Gasteiger partial charge >= 0.3 is 18.2 Å². The first-order valence-corrected chi connectivity index (χ1v) is 5.11. The molecule has 1 heterocycles. The van der Waals surface area contributed by atoms with Crippen molar-refractivity contribution in [2.75, 3.05) is 5.32 Å². The fourth-order valence-electron chi connectivity index (χ4n) is 0.838. The van der Waals surface area contributed by atoms with Crippen molar-refractivity contribution in [1.29, 1.82) is 0 Å². The fourth-order valence-corrected chi connectivity index (χ4v) is 1.25. The zero-order valence-electron chi connectivity index (χ0n) is 8.78. The van der Waals surface area contributed by atoms with Gasteiger partial charge in [0.2, 0.25) is 5.54 Å². The van der Waals surface area contributed by atoms with Crippen LogP contribution in [0.2, 0.25) is 0 Å². The van der Waals surface area contributed by atoms with Crippen LogP contribution >= 0.6 is 11.5 Å². The molecule has 0 aliphatic carbocycles. The van der Waals surface area contributed by atoms with Gasteiger partial charge in [-0.15, -0.1) is 5.10 Å². The maximum Gasteiger partial charge on any atom is 0.422 e. The number of aromatic nitrogens is 2. The predicted molar refractivity (Wildman–Crippen MR) is 54.2 cm³/mol. The van der Waals surface area contributed by atoms with Crippen LogP contribution < -0.4 is 10.6 Å². The Hall–Kier alpha value is -1.91. The molecule has 1 rings (SSSR count). The van der Waals surface area contributed by atoms with E-state index in [4.69, 9.17) is 5.11 Å². The first-order chi connectivity index (χ1) is 8.17. The minimum Gasteiger partial charge on any atom is -0.479 e. The number of rotatable bonds is 3. The van der Waals surface area contributed by atoms with Crippen molar-refractivity contribution in [3.05, 3.63) is 6.20 Å². The van der Waals surface area contributed by atoms with Crippen LogP contribution in [0.5, 0.6) is 0 Å². The SMILES string of the molecule is CC(NC(=O)Nc1cnns1)(C(=O)O)C(F)(F)F. The molecule has 1 atom stereocenters. The third-order valence-electron chi connectivity index (χ3n) is 1.96. The van der Waals surface area contributed by atoms with Crippen LogP contribution in [0.25, 0.3) is 0 Å². The molecule has 0 aliphatic heterocycles. The number of carbonyl (C=O) groups is 2. The second kappa shape index (κ2) is 4.76. The van der Waals surface area contributed by atoms with E-state index >= 15 is 0 Å². The lowest BCUT2D eigenvalue weighted by atomic mass is 10.0. The standard InChI is InChI=1S/C7H7F3N4O3S/c1-6(4(15)16,7(8,9)10)13-5(17)12-3-2-11-14-18-3/h2H,1H3,(H,15,16)(H2,12,13,17). The molecule has 7 nitrogen and oxygen atoms in total. The first kappa shape index (κ1) is 14.2. The summed E-state index contributed by atoms with van der Waals surface area (Å²) < 4.78 is 41.0. The van der Waals surface area contributed by atoms with E-state index in [9.17, 15) is 22.8 Å². The number of aliphatic carboxylic acids is 1. The lowest BCUT2D eigenvalue weighted by Crippen LogP contribution is -2.62. The number of urea groups is 1. The van der Waals surface area contributed by atoms with Crippen molar-refractivity contribution in [2.24, 2.45) is 0 Å². The van der Waals surface area contributed by atoms with Gasteiger partial charge in [-0.25, -0.2) is 9.59 Å². The molecule has 11 heteroatoms. The van der Waals surface area contributed by atoms with Gasteiger partial charge in [-0.2, -0.15) is 13.2 Å². The van der Waals surface area contributed by atoms with Crippen molar-refractivity contribution in [3.8, 4) is 0 Å². The molecular formula is C7H7F3N4O3S. The van der Waals surface area contributed by atoms with E-state index in [0.29, 0.717) is 6.92 Å². The summed E-state index contributed by atoms with van der Waals surface area (Å²) in [7, 11) is 0. The quantitative estimate of drug-likeness (QED) is 0.770. The van der Waals surface area contributed by atoms with Crippen LogP contribution in [0, 0.1) is 0 Å². The lowest BCUT2D eigenvalue weighted by molar-refractivity contribution is -0.203. The monoisotopic (exact) mass is 284 g/mol. The number of anilines is 1. The topological polar surface area (TPSA) is 104 Å². The van der Waals surface area contributed by atoms with Crippen LogP contribution in [0.15, 0.2) is 6.20 Å². The molecule has 0 bridgehead atoms. The summed E-state index contributed by atoms with van der Waals surface area (Å²) in [5.74, 6) is -2.22. The zero-order chi connectivity index (χ0) is 14.0. The van der Waals surface area contributed by atoms with E-state index in [1.165, 1.54) is 5.32 Å². The Bertz CT molecular complexity index is 449. The van der Waals surface area contributed by atoms with Crippen LogP contribution in [0.1, 0.15) is 6.92 Å². The van der Waals surface area contributed by atoms with E-state index in [0.717, 1.165) is 17.7 Å². The summed E-state index contributed by atoms with van der Waals surface area (Å²) in [6.07, 6.45) is -4.03. The van der Waals surface area contributed by atoms with Crippen molar-refractivity contribution >= 4 is 28.5 Å². The second-order valence-electron chi connectivity index (χ2n) is 3.29. The van der Waals surface area contributed by atoms with Gasteiger partial charge < -0.3 is 10.4 Å². The smallest absolute Gasteiger partial charge is 0.422 e. The molecule has 2 amide bonds. The average Bonchev–Trinajstić information content (AvgIpc) is 2.67. The third kappa shape index (κ3) is 2.85. The Morgan fingerprint density at radius 2 is 2.06 bits per heavy atom. The molecule has 0 spiro atoms. The first-order valence-electron chi connectivity index (χ1n) is 4.33. The molecule has 0 saturated heterocycles. The number of carboxylic acids is 1. The van der Waals surface area contributed by atoms with Gasteiger partial charge in [-0.1, -0.05) is 4.49 Å². The summed E-state index contributed by atoms with van der Waals surface area (Å²) in [5.41, 5.74) is -3.38. The Morgan fingerprint density at radius 3 is 2.44 bits per heavy atom. The van der Waals surface area contributed by atoms with Gasteiger partial charge in [-0.3, -0.25) is 5.32 Å². The molecule has 1 aromatic heterocycles. The van der Waals surface area contributed by atoms with Crippen LogP contribution in [-0.4, -0.2) is 38.4 Å². The van der Waals surface area contributed by atoms with Gasteiger partial charge in [0, 0.05) is 11.5 Å². The van der Waals surface area contributed by atoms with Crippen molar-refractivity contribution in [1.82, 2.24) is 14.9 Å².